The number of aliphatic hydroxyl groups is 1. The van der Waals surface area contributed by atoms with Gasteiger partial charge in [0.2, 0.25) is 0 Å². The van der Waals surface area contributed by atoms with Crippen LogP contribution in [0.3, 0.4) is 0 Å². The number of carbonyl (C=O) groups excluding carboxylic acids is 1. The third kappa shape index (κ3) is 10.3. The molecule has 0 atom stereocenters. The maximum Gasteiger partial charge on any atom is 0.162 e. The smallest absolute Gasteiger partial charge is 0.162 e. The summed E-state index contributed by atoms with van der Waals surface area (Å²) in [6.07, 6.45) is 7.90. The third-order valence-electron chi connectivity index (χ3n) is 8.48. The number of fused-ring (bicyclic) bond motifs is 2. The Bertz CT molecular complexity index is 1580. The first-order valence-electron chi connectivity index (χ1n) is 16.5. The molecule has 45 heavy (non-hydrogen) atoms. The van der Waals surface area contributed by atoms with E-state index in [1.807, 2.05) is 33.9 Å². The average molecular weight is 785 g/mol. The molecule has 4 aromatic rings. The van der Waals surface area contributed by atoms with Gasteiger partial charge in [0.25, 0.3) is 0 Å². The summed E-state index contributed by atoms with van der Waals surface area (Å²) in [5.41, 5.74) is 5.12. The van der Waals surface area contributed by atoms with Crippen LogP contribution in [0.4, 0.5) is 0 Å². The van der Waals surface area contributed by atoms with Crippen molar-refractivity contribution in [3.8, 4) is 11.3 Å². The Hall–Kier alpha value is -2.81. The third-order valence-corrected chi connectivity index (χ3v) is 8.48. The number of ketones is 1. The molecule has 245 valence electrons. The van der Waals surface area contributed by atoms with E-state index in [0.717, 1.165) is 48.7 Å². The number of rotatable bonds is 9. The van der Waals surface area contributed by atoms with Crippen LogP contribution in [0, 0.1) is 23.3 Å². The van der Waals surface area contributed by atoms with Crippen LogP contribution < -0.4 is 0 Å². The number of allylic oxidation sites excluding steroid dienone is 2. The number of pyridine rings is 1. The molecule has 0 saturated carbocycles. The van der Waals surface area contributed by atoms with E-state index in [2.05, 4.69) is 102 Å². The molecule has 3 aromatic carbocycles. The summed E-state index contributed by atoms with van der Waals surface area (Å²) in [5, 5.41) is 14.6. The standard InChI is InChI=1S/C28H30N.C13H24O2.Ir/c1-27(2,3)18-19-11-12-24-21(15-19)13-14-29-26(24)22-16-20-9-7-8-10-23(20)25(17-22)28(4,5)6;1-5-10(6-2)12(14)9-13(15)11(7-3)8-4;/h7-15,17H,18H2,1-6H3;9-11,14H,5-8H2,1-4H3;/q-1;;/b;12-9-;. The van der Waals surface area contributed by atoms with Crippen molar-refractivity contribution in [2.45, 2.75) is 107 Å². The number of nitrogens with zero attached hydrogens (tertiary/aromatic N) is 1. The zero-order valence-corrected chi connectivity index (χ0v) is 31.6. The van der Waals surface area contributed by atoms with E-state index >= 15 is 0 Å². The maximum absolute atomic E-state index is 11.7. The summed E-state index contributed by atoms with van der Waals surface area (Å²) < 4.78 is 0. The van der Waals surface area contributed by atoms with Gasteiger partial charge >= 0.3 is 0 Å². The van der Waals surface area contributed by atoms with Crippen molar-refractivity contribution >= 4 is 27.3 Å². The number of hydrogen-bond donors (Lipinski definition) is 1. The second-order valence-corrected chi connectivity index (χ2v) is 14.3. The largest absolute Gasteiger partial charge is 0.512 e. The molecule has 0 saturated heterocycles. The van der Waals surface area contributed by atoms with Crippen molar-refractivity contribution in [3.63, 3.8) is 0 Å². The zero-order valence-electron chi connectivity index (χ0n) is 29.2. The van der Waals surface area contributed by atoms with Gasteiger partial charge in [-0.3, -0.25) is 9.78 Å². The van der Waals surface area contributed by atoms with Crippen LogP contribution in [0.15, 0.2) is 72.6 Å². The maximum atomic E-state index is 11.7. The van der Waals surface area contributed by atoms with Gasteiger partial charge in [0.1, 0.15) is 0 Å². The SMILES string of the molecule is CC(C)(C)Cc1ccc2c(-c3[c-]c4ccccc4c(C(C)(C)C)c3)nccc2c1.CCC(CC)C(=O)/C=C(\O)C(CC)CC.[Ir]. The van der Waals surface area contributed by atoms with Crippen LogP contribution in [-0.2, 0) is 36.7 Å². The van der Waals surface area contributed by atoms with E-state index in [1.165, 1.54) is 33.4 Å². The van der Waals surface area contributed by atoms with Crippen LogP contribution in [0.5, 0.6) is 0 Å². The summed E-state index contributed by atoms with van der Waals surface area (Å²) in [6, 6.07) is 23.4. The fourth-order valence-electron chi connectivity index (χ4n) is 5.92. The summed E-state index contributed by atoms with van der Waals surface area (Å²) in [6.45, 7) is 21.7. The van der Waals surface area contributed by atoms with Crippen LogP contribution in [0.1, 0.15) is 106 Å². The first-order valence-corrected chi connectivity index (χ1v) is 16.5. The topological polar surface area (TPSA) is 50.2 Å². The van der Waals surface area contributed by atoms with E-state index in [9.17, 15) is 9.90 Å². The molecule has 0 aliphatic rings. The van der Waals surface area contributed by atoms with Crippen molar-refractivity contribution < 1.29 is 30.0 Å². The molecular formula is C41H54IrNO2-. The summed E-state index contributed by atoms with van der Waals surface area (Å²) in [7, 11) is 0. The first kappa shape index (κ1) is 38.4. The molecule has 4 rings (SSSR count). The van der Waals surface area contributed by atoms with Gasteiger partial charge in [0.15, 0.2) is 5.78 Å². The van der Waals surface area contributed by atoms with Gasteiger partial charge in [-0.15, -0.1) is 29.1 Å². The van der Waals surface area contributed by atoms with Gasteiger partial charge in [0.05, 0.1) is 5.76 Å². The Morgan fingerprint density at radius 1 is 0.844 bits per heavy atom. The van der Waals surface area contributed by atoms with Gasteiger partial charge in [-0.2, -0.15) is 0 Å². The Morgan fingerprint density at radius 2 is 1.47 bits per heavy atom. The molecule has 3 nitrogen and oxygen atoms in total. The predicted molar refractivity (Wildman–Crippen MR) is 189 cm³/mol. The summed E-state index contributed by atoms with van der Waals surface area (Å²) in [4.78, 5) is 16.5. The predicted octanol–water partition coefficient (Wildman–Crippen LogP) is 11.6. The molecule has 0 unspecified atom stereocenters. The Labute approximate surface area is 286 Å². The number of benzene rings is 3. The van der Waals surface area contributed by atoms with Gasteiger partial charge in [0, 0.05) is 49.9 Å². The minimum atomic E-state index is 0. The van der Waals surface area contributed by atoms with Crippen LogP contribution in [0.2, 0.25) is 0 Å². The molecule has 4 heteroatoms. The molecule has 0 fully saturated rings. The van der Waals surface area contributed by atoms with Crippen LogP contribution >= 0.6 is 0 Å². The molecule has 0 amide bonds. The fraction of sp³-hybridized carbons (Fsp3) is 0.463. The van der Waals surface area contributed by atoms with E-state index in [1.54, 1.807) is 0 Å². The summed E-state index contributed by atoms with van der Waals surface area (Å²) in [5.74, 6) is 0.547. The first-order chi connectivity index (χ1) is 20.7. The molecule has 0 aliphatic carbocycles. The van der Waals surface area contributed by atoms with Crippen LogP contribution in [-0.4, -0.2) is 15.9 Å². The molecule has 1 N–H and O–H groups in total. The van der Waals surface area contributed by atoms with Crippen molar-refractivity contribution in [2.75, 3.05) is 0 Å². The fourth-order valence-corrected chi connectivity index (χ4v) is 5.92. The second kappa shape index (κ2) is 16.7. The van der Waals surface area contributed by atoms with Crippen molar-refractivity contribution in [1.29, 1.82) is 0 Å². The number of carbonyl (C=O) groups is 1. The average Bonchev–Trinajstić information content (AvgIpc) is 2.96. The molecule has 1 heterocycles. The Kier molecular flexibility index (Phi) is 14.2. The van der Waals surface area contributed by atoms with Crippen molar-refractivity contribution in [3.05, 3.63) is 89.8 Å². The van der Waals surface area contributed by atoms with E-state index in [-0.39, 0.29) is 54.3 Å². The molecule has 0 aliphatic heterocycles. The molecule has 1 aromatic heterocycles. The molecular weight excluding hydrogens is 731 g/mol. The molecule has 0 spiro atoms. The Morgan fingerprint density at radius 3 is 2.04 bits per heavy atom. The van der Waals surface area contributed by atoms with E-state index in [4.69, 9.17) is 4.98 Å². The van der Waals surface area contributed by atoms with Crippen molar-refractivity contribution in [2.24, 2.45) is 17.3 Å². The van der Waals surface area contributed by atoms with Gasteiger partial charge in [-0.25, -0.2) is 0 Å². The molecule has 1 radical (unpaired) electrons. The van der Waals surface area contributed by atoms with Gasteiger partial charge in [-0.05, 0) is 65.3 Å². The zero-order chi connectivity index (χ0) is 32.7. The normalized spacial score (nSPS) is 12.3. The minimum Gasteiger partial charge on any atom is -0.512 e. The number of aromatic nitrogens is 1. The second-order valence-electron chi connectivity index (χ2n) is 14.3. The Balaban J connectivity index is 0.000000378. The van der Waals surface area contributed by atoms with E-state index < -0.39 is 0 Å². The van der Waals surface area contributed by atoms with Gasteiger partial charge < -0.3 is 5.11 Å². The monoisotopic (exact) mass is 785 g/mol. The molecule has 0 bridgehead atoms. The van der Waals surface area contributed by atoms with Crippen LogP contribution in [0.25, 0.3) is 32.8 Å². The van der Waals surface area contributed by atoms with Gasteiger partial charge in [-0.1, -0.05) is 117 Å². The van der Waals surface area contributed by atoms with Crippen molar-refractivity contribution in [1.82, 2.24) is 4.98 Å². The summed E-state index contributed by atoms with van der Waals surface area (Å²) >= 11 is 0. The number of hydrogen-bond acceptors (Lipinski definition) is 3. The number of aliphatic hydroxyl groups excluding tert-OH is 1. The minimum absolute atomic E-state index is 0. The van der Waals surface area contributed by atoms with E-state index in [0.29, 0.717) is 0 Å². The quantitative estimate of drug-likeness (QED) is 0.104.